The summed E-state index contributed by atoms with van der Waals surface area (Å²) < 4.78 is 5.77. The van der Waals surface area contributed by atoms with E-state index in [9.17, 15) is 0 Å². The van der Waals surface area contributed by atoms with Gasteiger partial charge in [-0.25, -0.2) is 0 Å². The third kappa shape index (κ3) is 4.75. The third-order valence-electron chi connectivity index (χ3n) is 3.41. The van der Waals surface area contributed by atoms with Gasteiger partial charge in [0.05, 0.1) is 6.61 Å². The number of hydrogen-bond donors (Lipinski definition) is 1. The lowest BCUT2D eigenvalue weighted by Crippen LogP contribution is -2.39. The number of benzene rings is 1. The van der Waals surface area contributed by atoms with Crippen molar-refractivity contribution in [2.24, 2.45) is 5.92 Å². The maximum atomic E-state index is 5.77. The van der Waals surface area contributed by atoms with Crippen molar-refractivity contribution in [1.29, 1.82) is 0 Å². The van der Waals surface area contributed by atoms with Gasteiger partial charge in [-0.05, 0) is 44.5 Å². The zero-order chi connectivity index (χ0) is 13.7. The first kappa shape index (κ1) is 14.2. The van der Waals surface area contributed by atoms with E-state index in [1.165, 1.54) is 25.1 Å². The van der Waals surface area contributed by atoms with Crippen LogP contribution in [0, 0.1) is 5.92 Å². The summed E-state index contributed by atoms with van der Waals surface area (Å²) in [6, 6.07) is 8.87. The zero-order valence-electron chi connectivity index (χ0n) is 12.4. The van der Waals surface area contributed by atoms with E-state index >= 15 is 0 Å². The first-order valence-corrected chi connectivity index (χ1v) is 7.31. The standard InChI is InChI=1S/C16H26N2O/c1-13(2)12-19-16-8-4-6-14(10-16)17-15-7-5-9-18(3)11-15/h4,6,8,10,13,15,17H,5,7,9,11-12H2,1-3H3. The molecule has 3 nitrogen and oxygen atoms in total. The van der Waals surface area contributed by atoms with Crippen molar-refractivity contribution in [3.8, 4) is 5.75 Å². The first-order chi connectivity index (χ1) is 9.13. The van der Waals surface area contributed by atoms with Crippen LogP contribution in [0.1, 0.15) is 26.7 Å². The van der Waals surface area contributed by atoms with E-state index in [-0.39, 0.29) is 0 Å². The van der Waals surface area contributed by atoms with Gasteiger partial charge in [-0.2, -0.15) is 0 Å². The van der Waals surface area contributed by atoms with Crippen LogP contribution in [-0.2, 0) is 0 Å². The van der Waals surface area contributed by atoms with E-state index in [4.69, 9.17) is 4.74 Å². The molecule has 1 aliphatic rings. The Balaban J connectivity index is 1.90. The highest BCUT2D eigenvalue weighted by Gasteiger charge is 2.16. The molecule has 19 heavy (non-hydrogen) atoms. The number of likely N-dealkylation sites (N-methyl/N-ethyl adjacent to an activating group) is 1. The smallest absolute Gasteiger partial charge is 0.121 e. The molecule has 0 radical (unpaired) electrons. The summed E-state index contributed by atoms with van der Waals surface area (Å²) in [7, 11) is 2.19. The Bertz CT molecular complexity index is 392. The number of nitrogens with one attached hydrogen (secondary N) is 1. The molecule has 1 fully saturated rings. The Labute approximate surface area is 116 Å². The Kier molecular flexibility index (Phi) is 5.08. The van der Waals surface area contributed by atoms with Crippen molar-refractivity contribution in [2.75, 3.05) is 32.1 Å². The minimum atomic E-state index is 0.555. The van der Waals surface area contributed by atoms with Crippen LogP contribution in [0.15, 0.2) is 24.3 Å². The van der Waals surface area contributed by atoms with Gasteiger partial charge in [0.15, 0.2) is 0 Å². The maximum Gasteiger partial charge on any atom is 0.121 e. The fourth-order valence-electron chi connectivity index (χ4n) is 2.46. The lowest BCUT2D eigenvalue weighted by molar-refractivity contribution is 0.260. The Hall–Kier alpha value is -1.22. The lowest BCUT2D eigenvalue weighted by atomic mass is 10.1. The van der Waals surface area contributed by atoms with E-state index in [1.54, 1.807) is 0 Å². The Morgan fingerprint density at radius 2 is 2.26 bits per heavy atom. The summed E-state index contributed by atoms with van der Waals surface area (Å²) in [6.07, 6.45) is 2.53. The number of anilines is 1. The number of ether oxygens (including phenoxy) is 1. The molecule has 1 saturated heterocycles. The van der Waals surface area contributed by atoms with E-state index in [2.05, 4.69) is 49.3 Å². The van der Waals surface area contributed by atoms with Gasteiger partial charge >= 0.3 is 0 Å². The molecule has 1 N–H and O–H groups in total. The maximum absolute atomic E-state index is 5.77. The first-order valence-electron chi connectivity index (χ1n) is 7.31. The summed E-state index contributed by atoms with van der Waals surface area (Å²) in [5.74, 6) is 1.52. The van der Waals surface area contributed by atoms with E-state index < -0.39 is 0 Å². The molecule has 1 atom stereocenters. The van der Waals surface area contributed by atoms with Gasteiger partial charge in [0.25, 0.3) is 0 Å². The van der Waals surface area contributed by atoms with Crippen molar-refractivity contribution in [3.63, 3.8) is 0 Å². The number of rotatable bonds is 5. The van der Waals surface area contributed by atoms with Crippen molar-refractivity contribution in [1.82, 2.24) is 4.90 Å². The molecule has 1 unspecified atom stereocenters. The minimum Gasteiger partial charge on any atom is -0.493 e. The van der Waals surface area contributed by atoms with Gasteiger partial charge in [-0.1, -0.05) is 19.9 Å². The van der Waals surface area contributed by atoms with Gasteiger partial charge in [0, 0.05) is 24.3 Å². The van der Waals surface area contributed by atoms with Crippen LogP contribution in [0.2, 0.25) is 0 Å². The molecule has 0 aromatic heterocycles. The minimum absolute atomic E-state index is 0.555. The predicted octanol–water partition coefficient (Wildman–Crippen LogP) is 3.23. The number of piperidine rings is 1. The van der Waals surface area contributed by atoms with E-state index in [0.717, 1.165) is 18.9 Å². The SMILES string of the molecule is CC(C)COc1cccc(NC2CCCN(C)C2)c1. The molecule has 3 heteroatoms. The topological polar surface area (TPSA) is 24.5 Å². The molecular formula is C16H26N2O. The van der Waals surface area contributed by atoms with E-state index in [0.29, 0.717) is 12.0 Å². The zero-order valence-corrected chi connectivity index (χ0v) is 12.4. The number of hydrogen-bond acceptors (Lipinski definition) is 3. The van der Waals surface area contributed by atoms with Crippen LogP contribution in [0.5, 0.6) is 5.75 Å². The van der Waals surface area contributed by atoms with Gasteiger partial charge in [0.1, 0.15) is 5.75 Å². The summed E-state index contributed by atoms with van der Waals surface area (Å²) >= 11 is 0. The van der Waals surface area contributed by atoms with E-state index in [1.807, 2.05) is 6.07 Å². The quantitative estimate of drug-likeness (QED) is 0.881. The van der Waals surface area contributed by atoms with Gasteiger partial charge < -0.3 is 15.0 Å². The Morgan fingerprint density at radius 1 is 1.42 bits per heavy atom. The second kappa shape index (κ2) is 6.80. The molecular weight excluding hydrogens is 236 g/mol. The highest BCUT2D eigenvalue weighted by Crippen LogP contribution is 2.20. The molecule has 0 saturated carbocycles. The molecule has 0 bridgehead atoms. The van der Waals surface area contributed by atoms with Gasteiger partial charge in [0.2, 0.25) is 0 Å². The normalized spacial score (nSPS) is 20.5. The molecule has 0 amide bonds. The van der Waals surface area contributed by atoms with Crippen LogP contribution in [-0.4, -0.2) is 37.7 Å². The average Bonchev–Trinajstić information content (AvgIpc) is 2.37. The van der Waals surface area contributed by atoms with Crippen molar-refractivity contribution in [2.45, 2.75) is 32.7 Å². The molecule has 1 aliphatic heterocycles. The second-order valence-electron chi connectivity index (χ2n) is 5.98. The van der Waals surface area contributed by atoms with Gasteiger partial charge in [-0.3, -0.25) is 0 Å². The van der Waals surface area contributed by atoms with Crippen LogP contribution in [0.4, 0.5) is 5.69 Å². The van der Waals surface area contributed by atoms with Crippen LogP contribution in [0.3, 0.4) is 0 Å². The Morgan fingerprint density at radius 3 is 3.00 bits per heavy atom. The van der Waals surface area contributed by atoms with Crippen LogP contribution >= 0.6 is 0 Å². The van der Waals surface area contributed by atoms with Crippen LogP contribution < -0.4 is 10.1 Å². The summed E-state index contributed by atoms with van der Waals surface area (Å²) in [4.78, 5) is 2.39. The van der Waals surface area contributed by atoms with Crippen molar-refractivity contribution < 1.29 is 4.74 Å². The fraction of sp³-hybridized carbons (Fsp3) is 0.625. The molecule has 1 aromatic rings. The highest BCUT2D eigenvalue weighted by atomic mass is 16.5. The molecule has 0 spiro atoms. The molecule has 106 valence electrons. The van der Waals surface area contributed by atoms with Gasteiger partial charge in [-0.15, -0.1) is 0 Å². The second-order valence-corrected chi connectivity index (χ2v) is 5.98. The molecule has 2 rings (SSSR count). The van der Waals surface area contributed by atoms with Crippen molar-refractivity contribution >= 4 is 5.69 Å². The monoisotopic (exact) mass is 262 g/mol. The number of likely N-dealkylation sites (tertiary alicyclic amines) is 1. The largest absolute Gasteiger partial charge is 0.493 e. The third-order valence-corrected chi connectivity index (χ3v) is 3.41. The highest BCUT2D eigenvalue weighted by molar-refractivity contribution is 5.49. The number of nitrogens with zero attached hydrogens (tertiary/aromatic N) is 1. The molecule has 1 heterocycles. The predicted molar refractivity (Wildman–Crippen MR) is 80.9 cm³/mol. The average molecular weight is 262 g/mol. The van der Waals surface area contributed by atoms with Crippen LogP contribution in [0.25, 0.3) is 0 Å². The molecule has 1 aromatic carbocycles. The summed E-state index contributed by atoms with van der Waals surface area (Å²) in [5, 5.41) is 3.62. The van der Waals surface area contributed by atoms with Crippen molar-refractivity contribution in [3.05, 3.63) is 24.3 Å². The summed E-state index contributed by atoms with van der Waals surface area (Å²) in [5.41, 5.74) is 1.17. The molecule has 0 aliphatic carbocycles. The fourth-order valence-corrected chi connectivity index (χ4v) is 2.46. The summed E-state index contributed by atoms with van der Waals surface area (Å²) in [6.45, 7) is 7.45. The lowest BCUT2D eigenvalue weighted by Gasteiger charge is -2.31.